The minimum absolute atomic E-state index is 0.138. The van der Waals surface area contributed by atoms with E-state index in [1.165, 1.54) is 51.7 Å². The van der Waals surface area contributed by atoms with Crippen molar-refractivity contribution in [1.29, 1.82) is 0 Å². The monoisotopic (exact) mass is 509 g/mol. The van der Waals surface area contributed by atoms with Crippen LogP contribution in [-0.2, 0) is 35.0 Å². The fourth-order valence-corrected chi connectivity index (χ4v) is 6.51. The summed E-state index contributed by atoms with van der Waals surface area (Å²) < 4.78 is 12.4. The van der Waals surface area contributed by atoms with Gasteiger partial charge in [0.25, 0.3) is 6.47 Å². The van der Waals surface area contributed by atoms with E-state index in [1.807, 2.05) is 6.33 Å². The maximum atomic E-state index is 9.18. The van der Waals surface area contributed by atoms with Crippen molar-refractivity contribution in [2.24, 2.45) is 13.0 Å². The minimum Gasteiger partial charge on any atom is -0.473 e. The number of imidazole rings is 1. The zero-order valence-corrected chi connectivity index (χ0v) is 22.6. The second-order valence-electron chi connectivity index (χ2n) is 11.5. The van der Waals surface area contributed by atoms with Gasteiger partial charge in [0, 0.05) is 25.2 Å². The summed E-state index contributed by atoms with van der Waals surface area (Å²) in [6.45, 7) is 7.93. The highest BCUT2D eigenvalue weighted by atomic mass is 16.5. The lowest BCUT2D eigenvalue weighted by molar-refractivity contribution is -0.128. The van der Waals surface area contributed by atoms with Gasteiger partial charge in [-0.1, -0.05) is 44.2 Å². The molecular formula is C32H35N3O3. The molecule has 2 heterocycles. The lowest BCUT2D eigenvalue weighted by Crippen LogP contribution is -2.12. The number of aryl methyl sites for hydroxylation is 1. The molecule has 0 radical (unpaired) electrons. The number of ether oxygens (including phenoxy) is 2. The van der Waals surface area contributed by atoms with Gasteiger partial charge < -0.3 is 14.0 Å². The van der Waals surface area contributed by atoms with E-state index in [1.54, 1.807) is 6.92 Å². The third kappa shape index (κ3) is 4.36. The van der Waals surface area contributed by atoms with Crippen molar-refractivity contribution < 1.29 is 14.3 Å². The van der Waals surface area contributed by atoms with E-state index in [-0.39, 0.29) is 5.41 Å². The van der Waals surface area contributed by atoms with Crippen LogP contribution in [0.25, 0.3) is 11.0 Å². The largest absolute Gasteiger partial charge is 0.473 e. The van der Waals surface area contributed by atoms with Crippen LogP contribution in [0, 0.1) is 5.92 Å². The number of carbonyl (C=O) groups excluding carboxylic acids is 1. The quantitative estimate of drug-likeness (QED) is 0.290. The summed E-state index contributed by atoms with van der Waals surface area (Å²) in [4.78, 5) is 18.5. The predicted molar refractivity (Wildman–Crippen MR) is 147 cm³/mol. The molecule has 0 bridgehead atoms. The second kappa shape index (κ2) is 9.57. The number of nitrogens with zero attached hydrogens (tertiary/aromatic N) is 3. The van der Waals surface area contributed by atoms with E-state index < -0.39 is 0 Å². The molecule has 6 nitrogen and oxygen atoms in total. The lowest BCUT2D eigenvalue weighted by atomic mass is 9.85. The lowest BCUT2D eigenvalue weighted by Gasteiger charge is -2.19. The van der Waals surface area contributed by atoms with Crippen LogP contribution in [0.4, 0.5) is 0 Å². The highest BCUT2D eigenvalue weighted by molar-refractivity contribution is 5.80. The van der Waals surface area contributed by atoms with E-state index in [0.29, 0.717) is 25.6 Å². The number of hydrogen-bond acceptors (Lipinski definition) is 5. The first-order valence-electron chi connectivity index (χ1n) is 13.6. The summed E-state index contributed by atoms with van der Waals surface area (Å²) in [7, 11) is 2.07. The van der Waals surface area contributed by atoms with Crippen LogP contribution in [0.3, 0.4) is 0 Å². The van der Waals surface area contributed by atoms with Gasteiger partial charge in [0.1, 0.15) is 6.61 Å². The Kier molecular flexibility index (Phi) is 6.21. The number of aromatic nitrogens is 3. The second-order valence-corrected chi connectivity index (χ2v) is 11.5. The Balaban J connectivity index is 0.000000487. The standard InChI is InChI=1S/C29H29N3O.C3H6O2/c1-29(2)13-23(20-5-4-6-26-28(20)31-16-32(26)3)22-9-17(7-8-25(22)29)15-33-27-12-19-10-18-11-21(18)24(19)14-30-27;1-2-5-3-4/h4-9,12,14,16,18,21,23H,10-11,13,15H2,1-3H3;3H,2H2,1H3. The number of benzene rings is 2. The van der Waals surface area contributed by atoms with Gasteiger partial charge in [0.2, 0.25) is 5.88 Å². The molecule has 2 aromatic heterocycles. The first kappa shape index (κ1) is 24.7. The molecule has 38 heavy (non-hydrogen) atoms. The summed E-state index contributed by atoms with van der Waals surface area (Å²) in [6.07, 6.45) is 7.63. The van der Waals surface area contributed by atoms with Gasteiger partial charge in [0.15, 0.2) is 0 Å². The van der Waals surface area contributed by atoms with Crippen molar-refractivity contribution in [2.75, 3.05) is 6.61 Å². The highest BCUT2D eigenvalue weighted by Crippen LogP contribution is 2.56. The molecule has 2 aromatic carbocycles. The average molecular weight is 510 g/mol. The van der Waals surface area contributed by atoms with Crippen LogP contribution < -0.4 is 4.74 Å². The van der Waals surface area contributed by atoms with Gasteiger partial charge in [-0.15, -0.1) is 0 Å². The first-order valence-corrected chi connectivity index (χ1v) is 13.6. The molecular weight excluding hydrogens is 474 g/mol. The third-order valence-electron chi connectivity index (χ3n) is 8.52. The van der Waals surface area contributed by atoms with Crippen molar-refractivity contribution in [3.05, 3.63) is 88.4 Å². The van der Waals surface area contributed by atoms with Gasteiger partial charge in [-0.3, -0.25) is 4.79 Å². The van der Waals surface area contributed by atoms with Gasteiger partial charge in [0.05, 0.1) is 24.0 Å². The van der Waals surface area contributed by atoms with Crippen molar-refractivity contribution in [2.45, 2.75) is 63.9 Å². The maximum Gasteiger partial charge on any atom is 0.293 e. The predicted octanol–water partition coefficient (Wildman–Crippen LogP) is 6.20. The molecule has 0 N–H and O–H groups in total. The smallest absolute Gasteiger partial charge is 0.293 e. The topological polar surface area (TPSA) is 66.2 Å². The Morgan fingerprint density at radius 1 is 1.11 bits per heavy atom. The van der Waals surface area contributed by atoms with Crippen LogP contribution in [0.2, 0.25) is 0 Å². The van der Waals surface area contributed by atoms with Crippen molar-refractivity contribution in [3.63, 3.8) is 0 Å². The number of carbonyl (C=O) groups is 1. The molecule has 1 saturated carbocycles. The summed E-state index contributed by atoms with van der Waals surface area (Å²) in [5, 5.41) is 0. The van der Waals surface area contributed by atoms with Crippen LogP contribution in [-0.4, -0.2) is 27.6 Å². The number of fused-ring (bicyclic) bond motifs is 5. The van der Waals surface area contributed by atoms with E-state index in [9.17, 15) is 4.79 Å². The fraction of sp³-hybridized carbons (Fsp3) is 0.406. The Hall–Kier alpha value is -3.67. The number of pyridine rings is 1. The third-order valence-corrected chi connectivity index (χ3v) is 8.52. The molecule has 3 unspecified atom stereocenters. The van der Waals surface area contributed by atoms with Gasteiger partial charge in [-0.05, 0) is 82.9 Å². The molecule has 3 atom stereocenters. The van der Waals surface area contributed by atoms with Crippen molar-refractivity contribution in [1.82, 2.24) is 14.5 Å². The first-order chi connectivity index (χ1) is 18.4. The van der Waals surface area contributed by atoms with E-state index >= 15 is 0 Å². The molecule has 1 fully saturated rings. The minimum atomic E-state index is 0.138. The number of hydrogen-bond donors (Lipinski definition) is 0. The van der Waals surface area contributed by atoms with Gasteiger partial charge in [-0.25, -0.2) is 9.97 Å². The van der Waals surface area contributed by atoms with Crippen LogP contribution in [0.5, 0.6) is 5.88 Å². The Morgan fingerprint density at radius 2 is 1.97 bits per heavy atom. The van der Waals surface area contributed by atoms with E-state index in [2.05, 4.69) is 83.8 Å². The van der Waals surface area contributed by atoms with Crippen molar-refractivity contribution in [3.8, 4) is 5.88 Å². The zero-order chi connectivity index (χ0) is 26.4. The molecule has 0 spiro atoms. The molecule has 3 aliphatic carbocycles. The maximum absolute atomic E-state index is 9.18. The average Bonchev–Trinajstić information content (AvgIpc) is 3.30. The molecule has 0 amide bonds. The molecule has 3 aliphatic rings. The van der Waals surface area contributed by atoms with Gasteiger partial charge >= 0.3 is 0 Å². The summed E-state index contributed by atoms with van der Waals surface area (Å²) >= 11 is 0. The molecule has 0 saturated heterocycles. The van der Waals surface area contributed by atoms with Crippen LogP contribution >= 0.6 is 0 Å². The summed E-state index contributed by atoms with van der Waals surface area (Å²) in [5.74, 6) is 2.75. The molecule has 0 aliphatic heterocycles. The summed E-state index contributed by atoms with van der Waals surface area (Å²) in [5.41, 5.74) is 10.7. The molecule has 7 rings (SSSR count). The van der Waals surface area contributed by atoms with E-state index in [4.69, 9.17) is 9.72 Å². The molecule has 196 valence electrons. The summed E-state index contributed by atoms with van der Waals surface area (Å²) in [6, 6.07) is 15.7. The fourth-order valence-electron chi connectivity index (χ4n) is 6.51. The number of rotatable bonds is 6. The highest BCUT2D eigenvalue weighted by Gasteiger charge is 2.45. The van der Waals surface area contributed by atoms with Crippen LogP contribution in [0.1, 0.15) is 78.8 Å². The Morgan fingerprint density at radius 3 is 2.76 bits per heavy atom. The Labute approximate surface area is 224 Å². The zero-order valence-electron chi connectivity index (χ0n) is 22.6. The van der Waals surface area contributed by atoms with Crippen molar-refractivity contribution >= 4 is 17.5 Å². The SMILES string of the molecule is CCOC=O.Cn1cnc2c(C3CC(C)(C)c4ccc(COc5cc6c(cn5)C5CC5C6)cc43)cccc21. The normalized spacial score (nSPS) is 21.6. The Bertz CT molecular complexity index is 1510. The van der Waals surface area contributed by atoms with Gasteiger partial charge in [-0.2, -0.15) is 0 Å². The number of para-hydroxylation sites is 1. The molecule has 6 heteroatoms. The van der Waals surface area contributed by atoms with Crippen LogP contribution in [0.15, 0.2) is 55.0 Å². The van der Waals surface area contributed by atoms with E-state index in [0.717, 1.165) is 29.7 Å². The molecule has 4 aromatic rings.